The van der Waals surface area contributed by atoms with Crippen LogP contribution in [0.2, 0.25) is 0 Å². The number of nitrogens with one attached hydrogen (secondary N) is 3. The second-order valence-electron chi connectivity index (χ2n) is 7.17. The van der Waals surface area contributed by atoms with Crippen LogP contribution in [-0.2, 0) is 14.8 Å². The Balaban J connectivity index is 2.12. The van der Waals surface area contributed by atoms with Crippen LogP contribution in [0.1, 0.15) is 52.9 Å². The van der Waals surface area contributed by atoms with Gasteiger partial charge in [0, 0.05) is 18.6 Å². The van der Waals surface area contributed by atoms with Crippen molar-refractivity contribution in [2.45, 2.75) is 70.6 Å². The molecule has 23 heavy (non-hydrogen) atoms. The minimum Gasteiger partial charge on any atom is -0.444 e. The van der Waals surface area contributed by atoms with Gasteiger partial charge in [0.1, 0.15) is 5.60 Å². The molecule has 0 aliphatic heterocycles. The van der Waals surface area contributed by atoms with Crippen LogP contribution in [0.15, 0.2) is 0 Å². The number of sulfonamides is 1. The van der Waals surface area contributed by atoms with E-state index in [1.165, 1.54) is 6.26 Å². The summed E-state index contributed by atoms with van der Waals surface area (Å²) in [5.41, 5.74) is -0.469. The molecule has 136 valence electrons. The summed E-state index contributed by atoms with van der Waals surface area (Å²) in [6.07, 6.45) is 5.44. The highest BCUT2D eigenvalue weighted by atomic mass is 32.2. The molecule has 1 rings (SSSR count). The maximum atomic E-state index is 11.7. The number of hydrogen-bond acceptors (Lipinski definition) is 5. The van der Waals surface area contributed by atoms with Gasteiger partial charge in [-0.25, -0.2) is 17.9 Å². The minimum absolute atomic E-state index is 0.176. The largest absolute Gasteiger partial charge is 0.444 e. The van der Waals surface area contributed by atoms with Crippen molar-refractivity contribution in [1.29, 1.82) is 0 Å². The molecule has 3 N–H and O–H groups in total. The van der Waals surface area contributed by atoms with E-state index in [0.717, 1.165) is 38.6 Å². The van der Waals surface area contributed by atoms with E-state index in [1.54, 1.807) is 0 Å². The molecule has 1 fully saturated rings. The zero-order valence-corrected chi connectivity index (χ0v) is 15.5. The van der Waals surface area contributed by atoms with E-state index >= 15 is 0 Å². The highest BCUT2D eigenvalue weighted by molar-refractivity contribution is 7.88. The Hall–Kier alpha value is -0.860. The van der Waals surface area contributed by atoms with E-state index in [-0.39, 0.29) is 12.1 Å². The number of carbonyl (C=O) groups is 1. The van der Waals surface area contributed by atoms with Crippen LogP contribution in [0.25, 0.3) is 0 Å². The fourth-order valence-electron chi connectivity index (χ4n) is 2.57. The van der Waals surface area contributed by atoms with Gasteiger partial charge in [-0.15, -0.1) is 0 Å². The molecule has 0 aromatic heterocycles. The fourth-order valence-corrected chi connectivity index (χ4v) is 3.08. The Kier molecular flexibility index (Phi) is 7.76. The molecule has 0 saturated heterocycles. The molecule has 0 atom stereocenters. The zero-order chi connectivity index (χ0) is 17.5. The highest BCUT2D eigenvalue weighted by Gasteiger charge is 2.24. The van der Waals surface area contributed by atoms with Crippen LogP contribution < -0.4 is 15.4 Å². The second-order valence-corrected chi connectivity index (χ2v) is 9.00. The standard InChI is InChI=1S/C15H31N3O4S/c1-15(2,3)22-14(19)18-13-8-6-12(7-9-13)16-10-5-11-17-23(4,20)21/h12-13,16-17H,5-11H2,1-4H3,(H,18,19). The van der Waals surface area contributed by atoms with Crippen molar-refractivity contribution in [2.24, 2.45) is 0 Å². The average Bonchev–Trinajstić information content (AvgIpc) is 2.36. The molecule has 0 spiro atoms. The maximum Gasteiger partial charge on any atom is 0.407 e. The lowest BCUT2D eigenvalue weighted by molar-refractivity contribution is 0.0490. The fraction of sp³-hybridized carbons (Fsp3) is 0.933. The van der Waals surface area contributed by atoms with Crippen LogP contribution in [-0.4, -0.2) is 51.5 Å². The van der Waals surface area contributed by atoms with E-state index in [1.807, 2.05) is 20.8 Å². The van der Waals surface area contributed by atoms with Crippen molar-refractivity contribution in [2.75, 3.05) is 19.3 Å². The molecule has 0 unspecified atom stereocenters. The number of rotatable bonds is 7. The topological polar surface area (TPSA) is 96.5 Å². The van der Waals surface area contributed by atoms with Gasteiger partial charge in [-0.1, -0.05) is 0 Å². The van der Waals surface area contributed by atoms with Gasteiger partial charge in [-0.3, -0.25) is 0 Å². The first-order valence-corrected chi connectivity index (χ1v) is 10.1. The predicted octanol–water partition coefficient (Wildman–Crippen LogP) is 1.35. The molecule has 1 amide bonds. The summed E-state index contributed by atoms with van der Waals surface area (Å²) in [5.74, 6) is 0. The van der Waals surface area contributed by atoms with Crippen molar-refractivity contribution in [1.82, 2.24) is 15.4 Å². The summed E-state index contributed by atoms with van der Waals surface area (Å²) >= 11 is 0. The smallest absolute Gasteiger partial charge is 0.407 e. The van der Waals surface area contributed by atoms with E-state index in [0.29, 0.717) is 12.6 Å². The Morgan fingerprint density at radius 3 is 2.17 bits per heavy atom. The summed E-state index contributed by atoms with van der Waals surface area (Å²) in [7, 11) is -3.09. The van der Waals surface area contributed by atoms with Gasteiger partial charge in [0.05, 0.1) is 6.26 Å². The Morgan fingerprint density at radius 1 is 1.09 bits per heavy atom. The third-order valence-corrected chi connectivity index (χ3v) is 4.33. The Morgan fingerprint density at radius 2 is 1.65 bits per heavy atom. The second kappa shape index (κ2) is 8.84. The first-order chi connectivity index (χ1) is 10.6. The van der Waals surface area contributed by atoms with Crippen LogP contribution in [0.4, 0.5) is 4.79 Å². The molecule has 0 bridgehead atoms. The summed E-state index contributed by atoms with van der Waals surface area (Å²) in [4.78, 5) is 11.7. The van der Waals surface area contributed by atoms with Gasteiger partial charge in [0.2, 0.25) is 10.0 Å². The van der Waals surface area contributed by atoms with Crippen molar-refractivity contribution >= 4 is 16.1 Å². The highest BCUT2D eigenvalue weighted by Crippen LogP contribution is 2.19. The van der Waals surface area contributed by atoms with E-state index < -0.39 is 15.6 Å². The minimum atomic E-state index is -3.09. The molecule has 1 aliphatic carbocycles. The van der Waals surface area contributed by atoms with Gasteiger partial charge < -0.3 is 15.4 Å². The molecule has 8 heteroatoms. The molecule has 1 saturated carbocycles. The molecule has 0 aromatic rings. The lowest BCUT2D eigenvalue weighted by Gasteiger charge is -2.30. The van der Waals surface area contributed by atoms with Crippen molar-refractivity contribution in [3.8, 4) is 0 Å². The number of carbonyl (C=O) groups excluding carboxylic acids is 1. The number of hydrogen-bond donors (Lipinski definition) is 3. The van der Waals surface area contributed by atoms with Gasteiger partial charge in [-0.05, 0) is 59.4 Å². The SMILES string of the molecule is CC(C)(C)OC(=O)NC1CCC(NCCCNS(C)(=O)=O)CC1. The average molecular weight is 349 g/mol. The van der Waals surface area contributed by atoms with Crippen molar-refractivity contribution in [3.63, 3.8) is 0 Å². The van der Waals surface area contributed by atoms with Crippen LogP contribution in [0.3, 0.4) is 0 Å². The molecule has 0 heterocycles. The van der Waals surface area contributed by atoms with Gasteiger partial charge in [0.15, 0.2) is 0 Å². The number of ether oxygens (including phenoxy) is 1. The lowest BCUT2D eigenvalue weighted by Crippen LogP contribution is -2.44. The van der Waals surface area contributed by atoms with Gasteiger partial charge >= 0.3 is 6.09 Å². The van der Waals surface area contributed by atoms with Gasteiger partial charge in [0.25, 0.3) is 0 Å². The Bertz CT molecular complexity index is 466. The number of alkyl carbamates (subject to hydrolysis) is 1. The van der Waals surface area contributed by atoms with Crippen LogP contribution in [0, 0.1) is 0 Å². The molecule has 0 aromatic carbocycles. The first-order valence-electron chi connectivity index (χ1n) is 8.23. The first kappa shape index (κ1) is 20.2. The van der Waals surface area contributed by atoms with Gasteiger partial charge in [-0.2, -0.15) is 0 Å². The molecule has 1 aliphatic rings. The normalized spacial score (nSPS) is 22.6. The zero-order valence-electron chi connectivity index (χ0n) is 14.6. The van der Waals surface area contributed by atoms with E-state index in [4.69, 9.17) is 4.74 Å². The molecule has 0 radical (unpaired) electrons. The summed E-state index contributed by atoms with van der Waals surface area (Å²) in [6, 6.07) is 0.611. The Labute approximate surface area is 140 Å². The monoisotopic (exact) mass is 349 g/mol. The molecule has 7 nitrogen and oxygen atoms in total. The quantitative estimate of drug-likeness (QED) is 0.603. The third-order valence-electron chi connectivity index (χ3n) is 3.60. The lowest BCUT2D eigenvalue weighted by atomic mass is 9.91. The summed E-state index contributed by atoms with van der Waals surface area (Å²) in [6.45, 7) is 6.81. The van der Waals surface area contributed by atoms with Crippen molar-refractivity contribution in [3.05, 3.63) is 0 Å². The van der Waals surface area contributed by atoms with E-state index in [2.05, 4.69) is 15.4 Å². The van der Waals surface area contributed by atoms with E-state index in [9.17, 15) is 13.2 Å². The molecular formula is C15H31N3O4S. The maximum absolute atomic E-state index is 11.7. The molecular weight excluding hydrogens is 318 g/mol. The van der Waals surface area contributed by atoms with Crippen LogP contribution in [0.5, 0.6) is 0 Å². The summed E-state index contributed by atoms with van der Waals surface area (Å²) < 4.78 is 29.6. The summed E-state index contributed by atoms with van der Waals surface area (Å²) in [5, 5.41) is 6.36. The number of amides is 1. The van der Waals surface area contributed by atoms with Crippen LogP contribution >= 0.6 is 0 Å². The predicted molar refractivity (Wildman–Crippen MR) is 90.9 cm³/mol. The third kappa shape index (κ3) is 10.5. The van der Waals surface area contributed by atoms with Crippen molar-refractivity contribution < 1.29 is 17.9 Å².